The van der Waals surface area contributed by atoms with Crippen LogP contribution in [0.3, 0.4) is 0 Å². The highest BCUT2D eigenvalue weighted by atomic mass is 16.5. The number of carbonyl (C=O) groups excluding carboxylic acids is 1. The van der Waals surface area contributed by atoms with E-state index < -0.39 is 0 Å². The molecule has 4 aromatic rings. The van der Waals surface area contributed by atoms with Crippen LogP contribution in [0.5, 0.6) is 0 Å². The number of rotatable bonds is 4. The fourth-order valence-electron chi connectivity index (χ4n) is 2.76. The molecule has 3 aromatic heterocycles. The second-order valence-electron chi connectivity index (χ2n) is 5.93. The Morgan fingerprint density at radius 1 is 1.15 bits per heavy atom. The van der Waals surface area contributed by atoms with Gasteiger partial charge < -0.3 is 9.84 Å². The van der Waals surface area contributed by atoms with Gasteiger partial charge in [0.25, 0.3) is 5.95 Å². The van der Waals surface area contributed by atoms with E-state index in [1.807, 2.05) is 44.2 Å². The van der Waals surface area contributed by atoms with Crippen LogP contribution in [0.4, 0.5) is 5.82 Å². The number of carbonyl (C=O) groups is 1. The molecule has 0 radical (unpaired) electrons. The van der Waals surface area contributed by atoms with E-state index in [0.717, 1.165) is 16.8 Å². The molecule has 1 amide bonds. The number of anilines is 1. The summed E-state index contributed by atoms with van der Waals surface area (Å²) in [6.45, 7) is 3.77. The quantitative estimate of drug-likeness (QED) is 0.609. The van der Waals surface area contributed by atoms with Gasteiger partial charge in [0.1, 0.15) is 11.5 Å². The van der Waals surface area contributed by atoms with Crippen LogP contribution in [0.1, 0.15) is 17.1 Å². The van der Waals surface area contributed by atoms with Crippen molar-refractivity contribution in [3.05, 3.63) is 59.7 Å². The standard InChI is InChI=1S/C18H16N6O2/c1-11-9-12(2)21-18(20-11)24-16(7-8-19-24)22-17(25)10-14-13-5-3-4-6-15(13)26-23-14/h3-9H,10H2,1-2H3,(H,22,25). The maximum atomic E-state index is 12.5. The molecule has 0 bridgehead atoms. The molecule has 0 aliphatic rings. The number of aryl methyl sites for hydroxylation is 2. The molecule has 8 nitrogen and oxygen atoms in total. The first-order chi connectivity index (χ1) is 12.6. The van der Waals surface area contributed by atoms with Crippen molar-refractivity contribution < 1.29 is 9.32 Å². The lowest BCUT2D eigenvalue weighted by atomic mass is 10.1. The van der Waals surface area contributed by atoms with Gasteiger partial charge in [-0.3, -0.25) is 4.79 Å². The Morgan fingerprint density at radius 3 is 2.73 bits per heavy atom. The zero-order chi connectivity index (χ0) is 18.1. The van der Waals surface area contributed by atoms with Crippen LogP contribution in [0.2, 0.25) is 0 Å². The van der Waals surface area contributed by atoms with Crippen LogP contribution in [0.15, 0.2) is 47.1 Å². The molecular formula is C18H16N6O2. The fraction of sp³-hybridized carbons (Fsp3) is 0.167. The molecule has 0 spiro atoms. The van der Waals surface area contributed by atoms with E-state index in [4.69, 9.17) is 4.52 Å². The van der Waals surface area contributed by atoms with Gasteiger partial charge in [-0.05, 0) is 32.0 Å². The summed E-state index contributed by atoms with van der Waals surface area (Å²) in [6, 6.07) is 11.0. The molecule has 0 aliphatic carbocycles. The van der Waals surface area contributed by atoms with E-state index in [2.05, 4.69) is 25.5 Å². The number of aromatic nitrogens is 5. The van der Waals surface area contributed by atoms with Crippen LogP contribution < -0.4 is 5.32 Å². The Morgan fingerprint density at radius 2 is 1.92 bits per heavy atom. The molecule has 0 aliphatic heterocycles. The molecule has 0 unspecified atom stereocenters. The molecule has 26 heavy (non-hydrogen) atoms. The van der Waals surface area contributed by atoms with Crippen molar-refractivity contribution >= 4 is 22.7 Å². The zero-order valence-electron chi connectivity index (χ0n) is 14.3. The number of nitrogens with one attached hydrogen (secondary N) is 1. The van der Waals surface area contributed by atoms with Crippen molar-refractivity contribution in [1.82, 2.24) is 24.9 Å². The van der Waals surface area contributed by atoms with Gasteiger partial charge in [-0.15, -0.1) is 0 Å². The van der Waals surface area contributed by atoms with Gasteiger partial charge in [-0.1, -0.05) is 17.3 Å². The third kappa shape index (κ3) is 3.04. The maximum Gasteiger partial charge on any atom is 0.252 e. The van der Waals surface area contributed by atoms with E-state index in [9.17, 15) is 4.79 Å². The van der Waals surface area contributed by atoms with Gasteiger partial charge in [-0.2, -0.15) is 9.78 Å². The average molecular weight is 348 g/mol. The first-order valence-electron chi connectivity index (χ1n) is 8.10. The Hall–Kier alpha value is -3.55. The van der Waals surface area contributed by atoms with Crippen LogP contribution in [0, 0.1) is 13.8 Å². The summed E-state index contributed by atoms with van der Waals surface area (Å²) in [7, 11) is 0. The molecule has 1 N–H and O–H groups in total. The van der Waals surface area contributed by atoms with Crippen LogP contribution in [0.25, 0.3) is 16.9 Å². The Balaban J connectivity index is 1.56. The molecule has 8 heteroatoms. The van der Waals surface area contributed by atoms with Gasteiger partial charge in [0, 0.05) is 22.8 Å². The summed E-state index contributed by atoms with van der Waals surface area (Å²) in [5.74, 6) is 0.678. The van der Waals surface area contributed by atoms with Crippen molar-refractivity contribution in [3.8, 4) is 5.95 Å². The van der Waals surface area contributed by atoms with E-state index in [0.29, 0.717) is 23.0 Å². The Labute approximate surface area is 148 Å². The average Bonchev–Trinajstić information content (AvgIpc) is 3.21. The molecule has 0 saturated heterocycles. The van der Waals surface area contributed by atoms with Crippen molar-refractivity contribution in [3.63, 3.8) is 0 Å². The molecule has 1 aromatic carbocycles. The van der Waals surface area contributed by atoms with E-state index in [-0.39, 0.29) is 12.3 Å². The zero-order valence-corrected chi connectivity index (χ0v) is 14.3. The highest BCUT2D eigenvalue weighted by Gasteiger charge is 2.15. The second-order valence-corrected chi connectivity index (χ2v) is 5.93. The largest absolute Gasteiger partial charge is 0.356 e. The van der Waals surface area contributed by atoms with Gasteiger partial charge >= 0.3 is 0 Å². The number of amides is 1. The first kappa shape index (κ1) is 15.9. The van der Waals surface area contributed by atoms with Gasteiger partial charge in [0.15, 0.2) is 5.58 Å². The summed E-state index contributed by atoms with van der Waals surface area (Å²) in [6.07, 6.45) is 1.68. The van der Waals surface area contributed by atoms with Crippen LogP contribution >= 0.6 is 0 Å². The van der Waals surface area contributed by atoms with Gasteiger partial charge in [-0.25, -0.2) is 9.97 Å². The summed E-state index contributed by atoms with van der Waals surface area (Å²) in [5, 5.41) is 11.9. The summed E-state index contributed by atoms with van der Waals surface area (Å²) >= 11 is 0. The summed E-state index contributed by atoms with van der Waals surface area (Å²) in [5.41, 5.74) is 2.90. The predicted octanol–water partition coefficient (Wildman–Crippen LogP) is 2.60. The highest BCUT2D eigenvalue weighted by Crippen LogP contribution is 2.19. The molecule has 0 fully saturated rings. The minimum atomic E-state index is -0.227. The summed E-state index contributed by atoms with van der Waals surface area (Å²) < 4.78 is 6.74. The molecule has 3 heterocycles. The van der Waals surface area contributed by atoms with Gasteiger partial charge in [0.2, 0.25) is 5.91 Å². The normalized spacial score (nSPS) is 11.0. The second kappa shape index (κ2) is 6.40. The maximum absolute atomic E-state index is 12.5. The number of hydrogen-bond acceptors (Lipinski definition) is 6. The van der Waals surface area contributed by atoms with Crippen molar-refractivity contribution in [2.45, 2.75) is 20.3 Å². The Bertz CT molecular complexity index is 1080. The molecule has 4 rings (SSSR count). The van der Waals surface area contributed by atoms with Gasteiger partial charge in [0.05, 0.1) is 12.6 Å². The topological polar surface area (TPSA) is 98.7 Å². The number of hydrogen-bond donors (Lipinski definition) is 1. The third-order valence-corrected chi connectivity index (χ3v) is 3.85. The van der Waals surface area contributed by atoms with E-state index >= 15 is 0 Å². The van der Waals surface area contributed by atoms with E-state index in [1.165, 1.54) is 4.68 Å². The van der Waals surface area contributed by atoms with Crippen LogP contribution in [-0.2, 0) is 11.2 Å². The van der Waals surface area contributed by atoms with Crippen molar-refractivity contribution in [2.24, 2.45) is 0 Å². The summed E-state index contributed by atoms with van der Waals surface area (Å²) in [4.78, 5) is 21.2. The Kier molecular flexibility index (Phi) is 3.92. The van der Waals surface area contributed by atoms with Crippen LogP contribution in [-0.4, -0.2) is 30.8 Å². The minimum absolute atomic E-state index is 0.0932. The first-order valence-corrected chi connectivity index (χ1v) is 8.10. The number of fused-ring (bicyclic) bond motifs is 1. The lowest BCUT2D eigenvalue weighted by Crippen LogP contribution is -2.18. The minimum Gasteiger partial charge on any atom is -0.356 e. The molecule has 130 valence electrons. The van der Waals surface area contributed by atoms with E-state index in [1.54, 1.807) is 12.3 Å². The smallest absolute Gasteiger partial charge is 0.252 e. The monoisotopic (exact) mass is 348 g/mol. The van der Waals surface area contributed by atoms with Crippen molar-refractivity contribution in [1.29, 1.82) is 0 Å². The molecule has 0 atom stereocenters. The predicted molar refractivity (Wildman–Crippen MR) is 95.0 cm³/mol. The lowest BCUT2D eigenvalue weighted by molar-refractivity contribution is -0.115. The highest BCUT2D eigenvalue weighted by molar-refractivity contribution is 5.94. The number of benzene rings is 1. The molecular weight excluding hydrogens is 332 g/mol. The lowest BCUT2D eigenvalue weighted by Gasteiger charge is -2.08. The third-order valence-electron chi connectivity index (χ3n) is 3.85. The SMILES string of the molecule is Cc1cc(C)nc(-n2nccc2NC(=O)Cc2noc3ccccc23)n1. The fourth-order valence-corrected chi connectivity index (χ4v) is 2.76. The number of nitrogens with zero attached hydrogens (tertiary/aromatic N) is 5. The molecule has 0 saturated carbocycles. The van der Waals surface area contributed by atoms with Crippen molar-refractivity contribution in [2.75, 3.05) is 5.32 Å². The number of para-hydroxylation sites is 1.